The van der Waals surface area contributed by atoms with Gasteiger partial charge in [0.05, 0.1) is 25.5 Å². The first-order valence-corrected chi connectivity index (χ1v) is 11.5. The Morgan fingerprint density at radius 3 is 2.56 bits per heavy atom. The third kappa shape index (κ3) is 6.35. The van der Waals surface area contributed by atoms with Gasteiger partial charge in [0.1, 0.15) is 12.3 Å². The van der Waals surface area contributed by atoms with Gasteiger partial charge in [-0.2, -0.15) is 5.10 Å². The van der Waals surface area contributed by atoms with Crippen LogP contribution in [-0.2, 0) is 9.53 Å². The van der Waals surface area contributed by atoms with Crippen LogP contribution in [0.25, 0.3) is 0 Å². The zero-order valence-electron chi connectivity index (χ0n) is 20.6. The van der Waals surface area contributed by atoms with Crippen molar-refractivity contribution in [2.24, 2.45) is 5.10 Å². The van der Waals surface area contributed by atoms with E-state index in [2.05, 4.69) is 5.32 Å². The highest BCUT2D eigenvalue weighted by Crippen LogP contribution is 2.33. The molecule has 2 aromatic rings. The summed E-state index contributed by atoms with van der Waals surface area (Å²) in [6.45, 7) is 6.33. The Kier molecular flexibility index (Phi) is 8.65. The summed E-state index contributed by atoms with van der Waals surface area (Å²) in [7, 11) is 3.19. The van der Waals surface area contributed by atoms with Gasteiger partial charge in [-0.1, -0.05) is 42.0 Å². The first kappa shape index (κ1) is 25.2. The van der Waals surface area contributed by atoms with Gasteiger partial charge in [-0.15, -0.1) is 0 Å². The third-order valence-electron chi connectivity index (χ3n) is 5.62. The van der Waals surface area contributed by atoms with Crippen molar-refractivity contribution in [1.82, 2.24) is 15.2 Å². The van der Waals surface area contributed by atoms with E-state index in [9.17, 15) is 9.59 Å². The SMILES string of the molecule is COCCN(CC(=O)N1N=C(c2cccc(OC)c2)CC1c1ccc(C)cc1)C(=O)NC(C)C. The summed E-state index contributed by atoms with van der Waals surface area (Å²) >= 11 is 0. The number of hydrogen-bond donors (Lipinski definition) is 1. The Bertz CT molecular complexity index is 1020. The van der Waals surface area contributed by atoms with Crippen LogP contribution >= 0.6 is 0 Å². The first-order chi connectivity index (χ1) is 16.3. The van der Waals surface area contributed by atoms with Gasteiger partial charge in [0.15, 0.2) is 0 Å². The quantitative estimate of drug-likeness (QED) is 0.610. The van der Waals surface area contributed by atoms with Gasteiger partial charge in [0, 0.05) is 31.7 Å². The number of carbonyl (C=O) groups is 2. The first-order valence-electron chi connectivity index (χ1n) is 11.5. The minimum Gasteiger partial charge on any atom is -0.497 e. The normalized spacial score (nSPS) is 15.3. The van der Waals surface area contributed by atoms with Gasteiger partial charge in [-0.25, -0.2) is 9.80 Å². The van der Waals surface area contributed by atoms with Crippen molar-refractivity contribution >= 4 is 17.6 Å². The number of rotatable bonds is 9. The molecule has 0 saturated carbocycles. The topological polar surface area (TPSA) is 83.5 Å². The largest absolute Gasteiger partial charge is 0.497 e. The number of benzene rings is 2. The van der Waals surface area contributed by atoms with E-state index in [0.29, 0.717) is 19.6 Å². The minimum absolute atomic E-state index is 0.0441. The predicted octanol–water partition coefficient (Wildman–Crippen LogP) is 3.75. The molecule has 1 aliphatic heterocycles. The molecule has 2 aromatic carbocycles. The molecule has 0 aromatic heterocycles. The number of methoxy groups -OCH3 is 2. The maximum absolute atomic E-state index is 13.5. The van der Waals surface area contributed by atoms with Crippen molar-refractivity contribution in [2.45, 2.75) is 39.3 Å². The fourth-order valence-corrected chi connectivity index (χ4v) is 3.79. The van der Waals surface area contributed by atoms with E-state index in [1.807, 2.05) is 69.3 Å². The Morgan fingerprint density at radius 1 is 1.18 bits per heavy atom. The van der Waals surface area contributed by atoms with Gasteiger partial charge >= 0.3 is 6.03 Å². The third-order valence-corrected chi connectivity index (χ3v) is 5.62. The van der Waals surface area contributed by atoms with E-state index in [4.69, 9.17) is 14.6 Å². The van der Waals surface area contributed by atoms with E-state index >= 15 is 0 Å². The molecule has 1 atom stereocenters. The molecule has 182 valence electrons. The molecule has 0 spiro atoms. The van der Waals surface area contributed by atoms with Gasteiger partial charge in [-0.05, 0) is 38.5 Å². The van der Waals surface area contributed by atoms with E-state index in [0.717, 1.165) is 28.2 Å². The van der Waals surface area contributed by atoms with Gasteiger partial charge in [-0.3, -0.25) is 4.79 Å². The van der Waals surface area contributed by atoms with Crippen LogP contribution < -0.4 is 10.1 Å². The van der Waals surface area contributed by atoms with Crippen LogP contribution in [0, 0.1) is 6.92 Å². The maximum Gasteiger partial charge on any atom is 0.318 e. The monoisotopic (exact) mass is 466 g/mol. The second kappa shape index (κ2) is 11.7. The molecule has 3 amide bonds. The lowest BCUT2D eigenvalue weighted by Crippen LogP contribution is -2.48. The summed E-state index contributed by atoms with van der Waals surface area (Å²) in [5.41, 5.74) is 3.84. The molecule has 0 fully saturated rings. The lowest BCUT2D eigenvalue weighted by atomic mass is 9.97. The fraction of sp³-hybridized carbons (Fsp3) is 0.423. The standard InChI is InChI=1S/C26H34N4O4/c1-18(2)27-26(32)29(13-14-33-4)17-25(31)30-24(20-11-9-19(3)10-12-20)16-23(28-30)21-7-6-8-22(15-21)34-5/h6-12,15,18,24H,13-14,16-17H2,1-5H3,(H,27,32). The molecular weight excluding hydrogens is 432 g/mol. The van der Waals surface area contributed by atoms with E-state index in [1.165, 1.54) is 9.91 Å². The average Bonchev–Trinajstić information content (AvgIpc) is 3.27. The predicted molar refractivity (Wildman–Crippen MR) is 132 cm³/mol. The summed E-state index contributed by atoms with van der Waals surface area (Å²) in [4.78, 5) is 27.7. The number of aryl methyl sites for hydroxylation is 1. The van der Waals surface area contributed by atoms with Crippen LogP contribution in [0.5, 0.6) is 5.75 Å². The van der Waals surface area contributed by atoms with Gasteiger partial charge in [0.25, 0.3) is 5.91 Å². The molecule has 0 bridgehead atoms. The molecule has 0 radical (unpaired) electrons. The Balaban J connectivity index is 1.89. The number of nitrogens with zero attached hydrogens (tertiary/aromatic N) is 3. The summed E-state index contributed by atoms with van der Waals surface area (Å²) in [6.07, 6.45) is 0.568. The second-order valence-electron chi connectivity index (χ2n) is 8.67. The summed E-state index contributed by atoms with van der Waals surface area (Å²) < 4.78 is 10.5. The van der Waals surface area contributed by atoms with Crippen molar-refractivity contribution in [3.8, 4) is 5.75 Å². The van der Waals surface area contributed by atoms with E-state index in [-0.39, 0.29) is 30.6 Å². The van der Waals surface area contributed by atoms with Crippen molar-refractivity contribution in [3.63, 3.8) is 0 Å². The zero-order chi connectivity index (χ0) is 24.7. The second-order valence-corrected chi connectivity index (χ2v) is 8.67. The number of carbonyl (C=O) groups excluding carboxylic acids is 2. The highest BCUT2D eigenvalue weighted by molar-refractivity contribution is 6.03. The lowest BCUT2D eigenvalue weighted by molar-refractivity contribution is -0.133. The molecule has 1 N–H and O–H groups in total. The van der Waals surface area contributed by atoms with Crippen LogP contribution in [0.15, 0.2) is 53.6 Å². The van der Waals surface area contributed by atoms with Crippen LogP contribution in [0.2, 0.25) is 0 Å². The van der Waals surface area contributed by atoms with Gasteiger partial charge in [0.2, 0.25) is 0 Å². The summed E-state index contributed by atoms with van der Waals surface area (Å²) in [6, 6.07) is 15.2. The molecule has 34 heavy (non-hydrogen) atoms. The van der Waals surface area contributed by atoms with Crippen LogP contribution in [-0.4, -0.2) is 67.5 Å². The Labute approximate surface area is 201 Å². The van der Waals surface area contributed by atoms with Crippen molar-refractivity contribution in [2.75, 3.05) is 33.9 Å². The van der Waals surface area contributed by atoms with Gasteiger partial charge < -0.3 is 19.7 Å². The Hall–Kier alpha value is -3.39. The van der Waals surface area contributed by atoms with E-state index in [1.54, 1.807) is 14.2 Å². The molecule has 1 heterocycles. The summed E-state index contributed by atoms with van der Waals surface area (Å²) in [5, 5.41) is 9.09. The Morgan fingerprint density at radius 2 is 1.91 bits per heavy atom. The number of hydrazone groups is 1. The van der Waals surface area contributed by atoms with Crippen LogP contribution in [0.1, 0.15) is 43.0 Å². The van der Waals surface area contributed by atoms with E-state index < -0.39 is 0 Å². The van der Waals surface area contributed by atoms with Crippen LogP contribution in [0.4, 0.5) is 4.79 Å². The van der Waals surface area contributed by atoms with Crippen molar-refractivity contribution in [1.29, 1.82) is 0 Å². The number of hydrogen-bond acceptors (Lipinski definition) is 5. The number of ether oxygens (including phenoxy) is 2. The molecule has 3 rings (SSSR count). The van der Waals surface area contributed by atoms with Crippen LogP contribution in [0.3, 0.4) is 0 Å². The molecular formula is C26H34N4O4. The zero-order valence-corrected chi connectivity index (χ0v) is 20.6. The molecule has 0 aliphatic carbocycles. The summed E-state index contributed by atoms with van der Waals surface area (Å²) in [5.74, 6) is 0.478. The molecule has 1 unspecified atom stereocenters. The molecule has 8 nitrogen and oxygen atoms in total. The number of urea groups is 1. The molecule has 8 heteroatoms. The maximum atomic E-state index is 13.5. The number of amides is 3. The van der Waals surface area contributed by atoms with Crippen molar-refractivity contribution < 1.29 is 19.1 Å². The minimum atomic E-state index is -0.302. The molecule has 1 aliphatic rings. The molecule has 0 saturated heterocycles. The highest BCUT2D eigenvalue weighted by atomic mass is 16.5. The fourth-order valence-electron chi connectivity index (χ4n) is 3.79. The smallest absolute Gasteiger partial charge is 0.318 e. The highest BCUT2D eigenvalue weighted by Gasteiger charge is 2.34. The average molecular weight is 467 g/mol. The lowest BCUT2D eigenvalue weighted by Gasteiger charge is -2.27. The van der Waals surface area contributed by atoms with Crippen molar-refractivity contribution in [3.05, 3.63) is 65.2 Å². The number of nitrogens with one attached hydrogen (secondary N) is 1.